The number of hydrogen-bond donors (Lipinski definition) is 1. The van der Waals surface area contributed by atoms with Crippen LogP contribution in [0.25, 0.3) is 11.0 Å². The Morgan fingerprint density at radius 2 is 1.83 bits per heavy atom. The van der Waals surface area contributed by atoms with Crippen molar-refractivity contribution in [3.63, 3.8) is 0 Å². The summed E-state index contributed by atoms with van der Waals surface area (Å²) in [7, 11) is -4.41. The van der Waals surface area contributed by atoms with Crippen LogP contribution in [0, 0.1) is 0 Å². The molecule has 6 nitrogen and oxygen atoms in total. The molecule has 0 spiro atoms. The van der Waals surface area contributed by atoms with Gasteiger partial charge in [-0.1, -0.05) is 6.07 Å². The number of carbonyl (C=O) groups is 1. The molecule has 0 aliphatic carbocycles. The summed E-state index contributed by atoms with van der Waals surface area (Å²) in [5.41, 5.74) is -0.904. The summed E-state index contributed by atoms with van der Waals surface area (Å²) in [5, 5.41) is 3.97. The van der Waals surface area contributed by atoms with E-state index in [4.69, 9.17) is 9.15 Å². The molecule has 2 aliphatic rings. The van der Waals surface area contributed by atoms with E-state index in [0.29, 0.717) is 23.6 Å². The summed E-state index contributed by atoms with van der Waals surface area (Å²) in [4.78, 5) is 12.4. The lowest BCUT2D eigenvalue weighted by Crippen LogP contribution is -2.31. The first-order chi connectivity index (χ1) is 16.2. The summed E-state index contributed by atoms with van der Waals surface area (Å²) < 4.78 is 78.1. The first kappa shape index (κ1) is 23.9. The number of nitrogens with one attached hydrogen (secondary N) is 1. The Morgan fingerprint density at radius 3 is 2.51 bits per heavy atom. The van der Waals surface area contributed by atoms with Crippen LogP contribution in [0.2, 0.25) is 0 Å². The van der Waals surface area contributed by atoms with Gasteiger partial charge in [0.15, 0.2) is 0 Å². The standard InChI is InChI=1S/C25H24F3NO5S/c1-24(2,3)34-23(30)17-11-16(35(31,32)15-6-4-5-13(9-15)25(26,27)28)12-20-21(17)22-18-8-7-14(29-18)10-19(22)33-20/h4-6,9,11-12,14,18,29H,7-8,10H2,1-3H3. The fourth-order valence-corrected chi connectivity index (χ4v) is 6.20. The summed E-state index contributed by atoms with van der Waals surface area (Å²) in [6.45, 7) is 5.08. The molecule has 186 valence electrons. The molecule has 1 aromatic heterocycles. The van der Waals surface area contributed by atoms with Gasteiger partial charge in [-0.05, 0) is 57.9 Å². The fraction of sp³-hybridized carbons (Fsp3) is 0.400. The molecule has 0 saturated carbocycles. The molecule has 2 unspecified atom stereocenters. The van der Waals surface area contributed by atoms with Crippen LogP contribution in [0.4, 0.5) is 13.2 Å². The van der Waals surface area contributed by atoms with E-state index in [0.717, 1.165) is 36.6 Å². The van der Waals surface area contributed by atoms with E-state index in [1.54, 1.807) is 20.8 Å². The number of carbonyl (C=O) groups excluding carboxylic acids is 1. The van der Waals surface area contributed by atoms with Gasteiger partial charge in [0.25, 0.3) is 0 Å². The number of alkyl halides is 3. The molecule has 2 bridgehead atoms. The zero-order chi connectivity index (χ0) is 25.3. The molecule has 0 radical (unpaired) electrons. The lowest BCUT2D eigenvalue weighted by Gasteiger charge is -2.22. The maximum absolute atomic E-state index is 13.4. The van der Waals surface area contributed by atoms with Crippen LogP contribution < -0.4 is 5.32 Å². The highest BCUT2D eigenvalue weighted by Crippen LogP contribution is 2.44. The summed E-state index contributed by atoms with van der Waals surface area (Å²) in [6.07, 6.45) is -2.29. The topological polar surface area (TPSA) is 85.6 Å². The maximum atomic E-state index is 13.4. The lowest BCUT2D eigenvalue weighted by atomic mass is 9.96. The molecular weight excluding hydrogens is 483 g/mol. The second kappa shape index (κ2) is 7.83. The second-order valence-corrected chi connectivity index (χ2v) is 12.0. The molecule has 0 amide bonds. The molecule has 3 aromatic rings. The zero-order valence-corrected chi connectivity index (χ0v) is 20.1. The Bertz CT molecular complexity index is 1450. The number of fused-ring (bicyclic) bond motifs is 6. The SMILES string of the molecule is CC(C)(C)OC(=O)c1cc(S(=O)(=O)c2cccc(C(F)(F)F)c2)cc2oc3c(c12)C1CCC(C3)N1. The van der Waals surface area contributed by atoms with Crippen LogP contribution in [0.3, 0.4) is 0 Å². The van der Waals surface area contributed by atoms with Gasteiger partial charge >= 0.3 is 12.1 Å². The van der Waals surface area contributed by atoms with Crippen LogP contribution >= 0.6 is 0 Å². The number of esters is 1. The molecule has 2 atom stereocenters. The average molecular weight is 508 g/mol. The predicted octanol–water partition coefficient (Wildman–Crippen LogP) is 5.59. The molecular formula is C25H24F3NO5S. The molecule has 35 heavy (non-hydrogen) atoms. The summed E-state index contributed by atoms with van der Waals surface area (Å²) in [6, 6.07) is 6.20. The van der Waals surface area contributed by atoms with Gasteiger partial charge in [-0.2, -0.15) is 13.2 Å². The molecule has 10 heteroatoms. The number of halogens is 3. The minimum absolute atomic E-state index is 0.0140. The minimum atomic E-state index is -4.70. The van der Waals surface area contributed by atoms with Crippen molar-refractivity contribution in [2.24, 2.45) is 0 Å². The third kappa shape index (κ3) is 4.23. The fourth-order valence-electron chi connectivity index (χ4n) is 4.85. The van der Waals surface area contributed by atoms with Gasteiger partial charge in [0.1, 0.15) is 16.9 Å². The third-order valence-electron chi connectivity index (χ3n) is 6.30. The first-order valence-electron chi connectivity index (χ1n) is 11.2. The molecule has 3 heterocycles. The number of ether oxygens (including phenoxy) is 1. The Hall–Kier alpha value is -2.85. The molecule has 1 fully saturated rings. The summed E-state index contributed by atoms with van der Waals surface area (Å²) >= 11 is 0. The Balaban J connectivity index is 1.71. The van der Waals surface area contributed by atoms with E-state index in [9.17, 15) is 26.4 Å². The third-order valence-corrected chi connectivity index (χ3v) is 8.03. The number of rotatable bonds is 3. The highest BCUT2D eigenvalue weighted by atomic mass is 32.2. The van der Waals surface area contributed by atoms with E-state index >= 15 is 0 Å². The van der Waals surface area contributed by atoms with Gasteiger partial charge in [-0.3, -0.25) is 0 Å². The predicted molar refractivity (Wildman–Crippen MR) is 121 cm³/mol. The van der Waals surface area contributed by atoms with Crippen molar-refractivity contribution in [1.29, 1.82) is 0 Å². The number of hydrogen-bond acceptors (Lipinski definition) is 6. The zero-order valence-electron chi connectivity index (χ0n) is 19.3. The van der Waals surface area contributed by atoms with Crippen molar-refractivity contribution in [3.8, 4) is 0 Å². The van der Waals surface area contributed by atoms with Crippen molar-refractivity contribution < 1.29 is 35.5 Å². The normalized spacial score (nSPS) is 20.2. The lowest BCUT2D eigenvalue weighted by molar-refractivity contribution is -0.137. The van der Waals surface area contributed by atoms with Gasteiger partial charge in [-0.15, -0.1) is 0 Å². The largest absolute Gasteiger partial charge is 0.461 e. The van der Waals surface area contributed by atoms with Crippen molar-refractivity contribution >= 4 is 26.8 Å². The van der Waals surface area contributed by atoms with Crippen LogP contribution in [-0.4, -0.2) is 26.0 Å². The van der Waals surface area contributed by atoms with Crippen molar-refractivity contribution in [1.82, 2.24) is 5.32 Å². The van der Waals surface area contributed by atoms with E-state index in [1.807, 2.05) is 0 Å². The van der Waals surface area contributed by atoms with Gasteiger partial charge in [-0.25, -0.2) is 13.2 Å². The molecule has 5 rings (SSSR count). The highest BCUT2D eigenvalue weighted by molar-refractivity contribution is 7.91. The number of furan rings is 1. The molecule has 2 aromatic carbocycles. The van der Waals surface area contributed by atoms with E-state index in [-0.39, 0.29) is 28.1 Å². The Kier molecular flexibility index (Phi) is 5.34. The second-order valence-electron chi connectivity index (χ2n) is 10.0. The van der Waals surface area contributed by atoms with Crippen LogP contribution in [0.1, 0.15) is 66.9 Å². The summed E-state index contributed by atoms with van der Waals surface area (Å²) in [5.74, 6) is -0.0445. The Labute approximate surface area is 200 Å². The molecule has 2 aliphatic heterocycles. The van der Waals surface area contributed by atoms with E-state index in [2.05, 4.69) is 5.32 Å². The van der Waals surface area contributed by atoms with Gasteiger partial charge in [0.05, 0.1) is 20.9 Å². The Morgan fingerprint density at radius 1 is 1.09 bits per heavy atom. The van der Waals surface area contributed by atoms with Crippen molar-refractivity contribution in [2.75, 3.05) is 0 Å². The molecule has 1 saturated heterocycles. The maximum Gasteiger partial charge on any atom is 0.416 e. The van der Waals surface area contributed by atoms with E-state index in [1.165, 1.54) is 12.1 Å². The quantitative estimate of drug-likeness (QED) is 0.466. The first-order valence-corrected chi connectivity index (χ1v) is 12.7. The van der Waals surface area contributed by atoms with Gasteiger partial charge < -0.3 is 14.5 Å². The molecule has 1 N–H and O–H groups in total. The average Bonchev–Trinajstić information content (AvgIpc) is 3.32. The highest BCUT2D eigenvalue weighted by Gasteiger charge is 2.39. The van der Waals surface area contributed by atoms with Crippen LogP contribution in [0.15, 0.2) is 50.6 Å². The van der Waals surface area contributed by atoms with Gasteiger partial charge in [0.2, 0.25) is 9.84 Å². The van der Waals surface area contributed by atoms with Crippen LogP contribution in [-0.2, 0) is 27.2 Å². The smallest absolute Gasteiger partial charge is 0.416 e. The van der Waals surface area contributed by atoms with Crippen LogP contribution in [0.5, 0.6) is 0 Å². The van der Waals surface area contributed by atoms with Crippen molar-refractivity contribution in [3.05, 3.63) is 58.8 Å². The minimum Gasteiger partial charge on any atom is -0.461 e. The van der Waals surface area contributed by atoms with Crippen molar-refractivity contribution in [2.45, 2.75) is 73.7 Å². The van der Waals surface area contributed by atoms with E-state index < -0.39 is 38.0 Å². The monoisotopic (exact) mass is 507 g/mol. The number of sulfone groups is 1. The number of benzene rings is 2. The van der Waals surface area contributed by atoms with Gasteiger partial charge in [0, 0.05) is 35.5 Å².